The van der Waals surface area contributed by atoms with Crippen LogP contribution in [0.15, 0.2) is 29.0 Å². The van der Waals surface area contributed by atoms with Crippen molar-refractivity contribution < 1.29 is 14.7 Å². The fourth-order valence-corrected chi connectivity index (χ4v) is 3.57. The lowest BCUT2D eigenvalue weighted by molar-refractivity contribution is -0.139. The number of aryl methyl sites for hydroxylation is 1. The predicted octanol–water partition coefficient (Wildman–Crippen LogP) is 3.00. The van der Waals surface area contributed by atoms with Crippen LogP contribution < -0.4 is 10.6 Å². The molecule has 2 amide bonds. The fourth-order valence-electron chi connectivity index (χ4n) is 1.89. The van der Waals surface area contributed by atoms with Crippen LogP contribution in [0.4, 0.5) is 4.79 Å². The first-order valence-electron chi connectivity index (χ1n) is 6.47. The Balaban J connectivity index is 1.93. The van der Waals surface area contributed by atoms with Gasteiger partial charge in [0.1, 0.15) is 0 Å². The average molecular weight is 324 g/mol. The van der Waals surface area contributed by atoms with Gasteiger partial charge in [-0.25, -0.2) is 9.59 Å². The van der Waals surface area contributed by atoms with Crippen molar-refractivity contribution in [3.63, 3.8) is 0 Å². The first-order chi connectivity index (χ1) is 10.1. The van der Waals surface area contributed by atoms with Gasteiger partial charge in [0.15, 0.2) is 6.04 Å². The number of aliphatic carboxylic acids is 1. The standard InChI is InChI=1S/C14H16N2O3S2/c1-2-9-5-7-21-11(9)8-15-14(19)16-12(13(17)18)10-4-3-6-20-10/h3-7,12H,2,8H2,1H3,(H,17,18)(H2,15,16,19). The zero-order chi connectivity index (χ0) is 15.2. The molecule has 2 heterocycles. The van der Waals surface area contributed by atoms with Crippen LogP contribution in [-0.2, 0) is 17.8 Å². The van der Waals surface area contributed by atoms with Crippen LogP contribution >= 0.6 is 22.7 Å². The van der Waals surface area contributed by atoms with E-state index < -0.39 is 18.0 Å². The highest BCUT2D eigenvalue weighted by atomic mass is 32.1. The molecule has 5 nitrogen and oxygen atoms in total. The highest BCUT2D eigenvalue weighted by molar-refractivity contribution is 7.10. The lowest BCUT2D eigenvalue weighted by atomic mass is 10.2. The number of carboxylic acid groups (broad SMARTS) is 1. The second-order valence-electron chi connectivity index (χ2n) is 4.34. The van der Waals surface area contributed by atoms with Crippen molar-refractivity contribution in [2.45, 2.75) is 25.9 Å². The summed E-state index contributed by atoms with van der Waals surface area (Å²) in [4.78, 5) is 24.8. The number of carbonyl (C=O) groups is 2. The minimum absolute atomic E-state index is 0.406. The molecular formula is C14H16N2O3S2. The third-order valence-electron chi connectivity index (χ3n) is 2.98. The molecule has 0 radical (unpaired) electrons. The first kappa shape index (κ1) is 15.5. The van der Waals surface area contributed by atoms with E-state index in [2.05, 4.69) is 17.6 Å². The summed E-state index contributed by atoms with van der Waals surface area (Å²) in [6, 6.07) is 3.99. The van der Waals surface area contributed by atoms with Crippen LogP contribution in [-0.4, -0.2) is 17.1 Å². The molecule has 21 heavy (non-hydrogen) atoms. The Hall–Kier alpha value is -1.86. The summed E-state index contributed by atoms with van der Waals surface area (Å²) in [5, 5.41) is 18.2. The van der Waals surface area contributed by atoms with E-state index in [1.807, 2.05) is 11.4 Å². The summed E-state index contributed by atoms with van der Waals surface area (Å²) in [5.41, 5.74) is 1.20. The summed E-state index contributed by atoms with van der Waals surface area (Å²) in [5.74, 6) is -1.07. The van der Waals surface area contributed by atoms with E-state index in [1.54, 1.807) is 28.8 Å². The van der Waals surface area contributed by atoms with Gasteiger partial charge >= 0.3 is 12.0 Å². The average Bonchev–Trinajstić information content (AvgIpc) is 3.12. The molecule has 1 unspecified atom stereocenters. The second-order valence-corrected chi connectivity index (χ2v) is 6.32. The van der Waals surface area contributed by atoms with Gasteiger partial charge in [-0.2, -0.15) is 0 Å². The Morgan fingerprint density at radius 1 is 1.29 bits per heavy atom. The van der Waals surface area contributed by atoms with Crippen LogP contribution in [0.2, 0.25) is 0 Å². The number of thiophene rings is 2. The molecule has 2 rings (SSSR count). The smallest absolute Gasteiger partial charge is 0.331 e. The molecule has 0 aromatic carbocycles. The number of rotatable bonds is 6. The number of carbonyl (C=O) groups excluding carboxylic acids is 1. The monoisotopic (exact) mass is 324 g/mol. The van der Waals surface area contributed by atoms with E-state index in [4.69, 9.17) is 0 Å². The summed E-state index contributed by atoms with van der Waals surface area (Å²) < 4.78 is 0. The summed E-state index contributed by atoms with van der Waals surface area (Å²) in [7, 11) is 0. The molecular weight excluding hydrogens is 308 g/mol. The second kappa shape index (κ2) is 7.24. The van der Waals surface area contributed by atoms with E-state index >= 15 is 0 Å². The largest absolute Gasteiger partial charge is 0.479 e. The van der Waals surface area contributed by atoms with Gasteiger partial charge in [0.25, 0.3) is 0 Å². The van der Waals surface area contributed by atoms with E-state index in [1.165, 1.54) is 16.9 Å². The number of amides is 2. The van der Waals surface area contributed by atoms with Gasteiger partial charge in [-0.05, 0) is 34.9 Å². The van der Waals surface area contributed by atoms with Gasteiger partial charge < -0.3 is 15.7 Å². The van der Waals surface area contributed by atoms with Crippen molar-refractivity contribution in [3.8, 4) is 0 Å². The van der Waals surface area contributed by atoms with Crippen molar-refractivity contribution in [2.24, 2.45) is 0 Å². The molecule has 112 valence electrons. The quantitative estimate of drug-likeness (QED) is 0.764. The third kappa shape index (κ3) is 4.05. The lowest BCUT2D eigenvalue weighted by Gasteiger charge is -2.13. The molecule has 3 N–H and O–H groups in total. The Bertz CT molecular complexity index is 608. The van der Waals surface area contributed by atoms with Gasteiger partial charge in [0.05, 0.1) is 6.54 Å². The van der Waals surface area contributed by atoms with Gasteiger partial charge in [-0.15, -0.1) is 22.7 Å². The first-order valence-corrected chi connectivity index (χ1v) is 8.23. The zero-order valence-electron chi connectivity index (χ0n) is 11.5. The molecule has 1 atom stereocenters. The molecule has 0 spiro atoms. The maximum Gasteiger partial charge on any atom is 0.331 e. The number of carboxylic acids is 1. The van der Waals surface area contributed by atoms with E-state index in [-0.39, 0.29) is 0 Å². The van der Waals surface area contributed by atoms with Crippen molar-refractivity contribution in [1.82, 2.24) is 10.6 Å². The van der Waals surface area contributed by atoms with Crippen LogP contribution in [0.1, 0.15) is 28.3 Å². The molecule has 0 saturated heterocycles. The van der Waals surface area contributed by atoms with Crippen LogP contribution in [0.5, 0.6) is 0 Å². The summed E-state index contributed by atoms with van der Waals surface area (Å²) in [6.45, 7) is 2.46. The minimum Gasteiger partial charge on any atom is -0.479 e. The topological polar surface area (TPSA) is 78.4 Å². The third-order valence-corrected chi connectivity index (χ3v) is 4.88. The molecule has 0 aliphatic heterocycles. The molecule has 2 aromatic rings. The predicted molar refractivity (Wildman–Crippen MR) is 83.8 cm³/mol. The molecule has 0 aliphatic carbocycles. The normalized spacial score (nSPS) is 11.9. The molecule has 0 bridgehead atoms. The maximum atomic E-state index is 11.9. The van der Waals surface area contributed by atoms with Gasteiger partial charge in [-0.3, -0.25) is 0 Å². The SMILES string of the molecule is CCc1ccsc1CNC(=O)NC(C(=O)O)c1cccs1. The minimum atomic E-state index is -1.07. The van der Waals surface area contributed by atoms with Crippen LogP contribution in [0, 0.1) is 0 Å². The Morgan fingerprint density at radius 2 is 2.10 bits per heavy atom. The summed E-state index contributed by atoms with van der Waals surface area (Å²) >= 11 is 2.88. The number of urea groups is 1. The number of nitrogens with one attached hydrogen (secondary N) is 2. The highest BCUT2D eigenvalue weighted by Gasteiger charge is 2.22. The Kier molecular flexibility index (Phi) is 5.35. The highest BCUT2D eigenvalue weighted by Crippen LogP contribution is 2.19. The lowest BCUT2D eigenvalue weighted by Crippen LogP contribution is -2.40. The van der Waals surface area contributed by atoms with Crippen molar-refractivity contribution >= 4 is 34.7 Å². The van der Waals surface area contributed by atoms with E-state index in [9.17, 15) is 14.7 Å². The van der Waals surface area contributed by atoms with Gasteiger partial charge in [0, 0.05) is 9.75 Å². The van der Waals surface area contributed by atoms with Gasteiger partial charge in [0.2, 0.25) is 0 Å². The Labute approximate surface area is 130 Å². The molecule has 0 fully saturated rings. The van der Waals surface area contributed by atoms with E-state index in [0.29, 0.717) is 11.4 Å². The molecule has 2 aromatic heterocycles. The molecule has 7 heteroatoms. The molecule has 0 aliphatic rings. The summed E-state index contributed by atoms with van der Waals surface area (Å²) in [6.07, 6.45) is 0.912. The van der Waals surface area contributed by atoms with E-state index in [0.717, 1.165) is 11.3 Å². The number of hydrogen-bond donors (Lipinski definition) is 3. The maximum absolute atomic E-state index is 11.9. The van der Waals surface area contributed by atoms with Crippen LogP contribution in [0.25, 0.3) is 0 Å². The van der Waals surface area contributed by atoms with Gasteiger partial charge in [-0.1, -0.05) is 13.0 Å². The Morgan fingerprint density at radius 3 is 2.71 bits per heavy atom. The number of hydrogen-bond acceptors (Lipinski definition) is 4. The van der Waals surface area contributed by atoms with Crippen LogP contribution in [0.3, 0.4) is 0 Å². The van der Waals surface area contributed by atoms with Crippen molar-refractivity contribution in [2.75, 3.05) is 0 Å². The molecule has 0 saturated carbocycles. The zero-order valence-corrected chi connectivity index (χ0v) is 13.1. The fraction of sp³-hybridized carbons (Fsp3) is 0.286. The van der Waals surface area contributed by atoms with Crippen molar-refractivity contribution in [3.05, 3.63) is 44.3 Å². The van der Waals surface area contributed by atoms with Crippen molar-refractivity contribution in [1.29, 1.82) is 0 Å².